The summed E-state index contributed by atoms with van der Waals surface area (Å²) in [4.78, 5) is 10.8. The lowest BCUT2D eigenvalue weighted by atomic mass is 10.0. The number of nitrogens with zero attached hydrogens (tertiary/aromatic N) is 4. The van der Waals surface area contributed by atoms with Gasteiger partial charge in [0.2, 0.25) is 5.95 Å². The highest BCUT2D eigenvalue weighted by molar-refractivity contribution is 7.25. The largest absolute Gasteiger partial charge is 0.309 e. The quantitative estimate of drug-likeness (QED) is 0.187. The molecule has 4 nitrogen and oxygen atoms in total. The molecule has 0 atom stereocenters. The molecule has 238 valence electrons. The van der Waals surface area contributed by atoms with E-state index < -0.39 is 0 Å². The van der Waals surface area contributed by atoms with Crippen molar-refractivity contribution in [2.45, 2.75) is 0 Å². The van der Waals surface area contributed by atoms with Crippen LogP contribution in [0.2, 0.25) is 0 Å². The van der Waals surface area contributed by atoms with Crippen LogP contribution in [0.4, 0.5) is 0 Å². The van der Waals surface area contributed by atoms with E-state index in [9.17, 15) is 0 Å². The molecule has 0 aliphatic heterocycles. The van der Waals surface area contributed by atoms with Gasteiger partial charge in [-0.2, -0.15) is 0 Å². The minimum absolute atomic E-state index is 0.649. The number of hydrogen-bond acceptors (Lipinski definition) is 3. The summed E-state index contributed by atoms with van der Waals surface area (Å²) in [6.07, 6.45) is 0. The fraction of sp³-hybridized carbons (Fsp3) is 0. The van der Waals surface area contributed by atoms with E-state index in [1.165, 1.54) is 47.2 Å². The van der Waals surface area contributed by atoms with Gasteiger partial charge in [-0.1, -0.05) is 115 Å². The van der Waals surface area contributed by atoms with Crippen molar-refractivity contribution in [2.24, 2.45) is 0 Å². The third-order valence-corrected chi connectivity index (χ3v) is 11.3. The van der Waals surface area contributed by atoms with E-state index in [0.29, 0.717) is 5.95 Å². The Labute approximate surface area is 297 Å². The third-order valence-electron chi connectivity index (χ3n) is 10.1. The Kier molecular flexibility index (Phi) is 6.09. The second kappa shape index (κ2) is 11.0. The highest BCUT2D eigenvalue weighted by Gasteiger charge is 2.21. The molecule has 0 radical (unpaired) electrons. The minimum atomic E-state index is 0.649. The molecule has 0 fully saturated rings. The molecule has 0 bridgehead atoms. The topological polar surface area (TPSA) is 35.6 Å². The highest BCUT2D eigenvalue weighted by atomic mass is 32.1. The maximum Gasteiger partial charge on any atom is 0.235 e. The van der Waals surface area contributed by atoms with E-state index in [1.807, 2.05) is 11.3 Å². The lowest BCUT2D eigenvalue weighted by Gasteiger charge is -2.13. The van der Waals surface area contributed by atoms with Crippen molar-refractivity contribution >= 4 is 75.1 Å². The van der Waals surface area contributed by atoms with Crippen molar-refractivity contribution in [3.05, 3.63) is 170 Å². The Morgan fingerprint density at radius 3 is 1.75 bits per heavy atom. The Morgan fingerprint density at radius 2 is 0.980 bits per heavy atom. The number of aromatic nitrogens is 4. The van der Waals surface area contributed by atoms with Gasteiger partial charge >= 0.3 is 0 Å². The zero-order valence-electron chi connectivity index (χ0n) is 27.4. The molecule has 11 rings (SSSR count). The molecular weight excluding hydrogens is 641 g/mol. The summed E-state index contributed by atoms with van der Waals surface area (Å²) < 4.78 is 7.17. The van der Waals surface area contributed by atoms with E-state index >= 15 is 0 Å². The van der Waals surface area contributed by atoms with Crippen molar-refractivity contribution in [2.75, 3.05) is 0 Å². The van der Waals surface area contributed by atoms with E-state index in [2.05, 4.69) is 179 Å². The van der Waals surface area contributed by atoms with Crippen LogP contribution in [-0.4, -0.2) is 19.1 Å². The zero-order valence-corrected chi connectivity index (χ0v) is 28.2. The molecular formula is C46H28N4S. The van der Waals surface area contributed by atoms with Gasteiger partial charge < -0.3 is 4.57 Å². The van der Waals surface area contributed by atoms with Crippen molar-refractivity contribution in [1.29, 1.82) is 0 Å². The molecule has 0 saturated carbocycles. The zero-order chi connectivity index (χ0) is 33.5. The van der Waals surface area contributed by atoms with Crippen LogP contribution in [-0.2, 0) is 0 Å². The first kappa shape index (κ1) is 28.3. The van der Waals surface area contributed by atoms with Gasteiger partial charge in [0.05, 0.1) is 33.5 Å². The lowest BCUT2D eigenvalue weighted by Crippen LogP contribution is -2.04. The molecule has 0 saturated heterocycles. The predicted molar refractivity (Wildman–Crippen MR) is 214 cm³/mol. The molecule has 11 aromatic rings. The molecule has 0 spiro atoms. The van der Waals surface area contributed by atoms with Crippen LogP contribution in [0.1, 0.15) is 0 Å². The maximum absolute atomic E-state index is 5.46. The first-order valence-corrected chi connectivity index (χ1v) is 18.0. The molecule has 7 aromatic carbocycles. The molecule has 0 amide bonds. The van der Waals surface area contributed by atoms with Gasteiger partial charge in [-0.05, 0) is 54.6 Å². The second-order valence-corrected chi connectivity index (χ2v) is 14.1. The Morgan fingerprint density at radius 1 is 0.392 bits per heavy atom. The van der Waals surface area contributed by atoms with E-state index in [1.54, 1.807) is 0 Å². The number of para-hydroxylation sites is 3. The van der Waals surface area contributed by atoms with Gasteiger partial charge in [-0.25, -0.2) is 9.97 Å². The summed E-state index contributed by atoms with van der Waals surface area (Å²) in [6.45, 7) is 0. The maximum atomic E-state index is 5.46. The van der Waals surface area contributed by atoms with Crippen LogP contribution in [0.3, 0.4) is 0 Å². The number of rotatable bonds is 4. The molecule has 0 aliphatic rings. The normalized spacial score (nSPS) is 11.9. The van der Waals surface area contributed by atoms with Crippen LogP contribution in [0.25, 0.3) is 97.9 Å². The summed E-state index contributed by atoms with van der Waals surface area (Å²) >= 11 is 1.83. The fourth-order valence-corrected chi connectivity index (χ4v) is 9.05. The van der Waals surface area contributed by atoms with Gasteiger partial charge in [0.1, 0.15) is 0 Å². The van der Waals surface area contributed by atoms with Crippen LogP contribution >= 0.6 is 11.3 Å². The SMILES string of the molecule is c1ccc(-c2cc(-c3cccc4sc5ccccc5c34)nc(-n3c4ccccc4c4cc5c6ccccc6n(-c6ccccc6)c5cc43)n2)cc1. The third kappa shape index (κ3) is 4.25. The Balaban J connectivity index is 1.26. The van der Waals surface area contributed by atoms with Crippen molar-refractivity contribution in [1.82, 2.24) is 19.1 Å². The number of benzene rings is 7. The summed E-state index contributed by atoms with van der Waals surface area (Å²) in [5, 5.41) is 7.29. The number of hydrogen-bond donors (Lipinski definition) is 0. The molecule has 0 N–H and O–H groups in total. The predicted octanol–water partition coefficient (Wildman–Crippen LogP) is 12.4. The molecule has 4 heterocycles. The monoisotopic (exact) mass is 668 g/mol. The van der Waals surface area contributed by atoms with E-state index in [-0.39, 0.29) is 0 Å². The van der Waals surface area contributed by atoms with Crippen LogP contribution < -0.4 is 0 Å². The first-order chi connectivity index (χ1) is 25.3. The van der Waals surface area contributed by atoms with Crippen molar-refractivity contribution in [3.63, 3.8) is 0 Å². The van der Waals surface area contributed by atoms with Crippen molar-refractivity contribution in [3.8, 4) is 34.2 Å². The summed E-state index contributed by atoms with van der Waals surface area (Å²) in [5.74, 6) is 0.649. The Hall–Kier alpha value is -6.56. The molecule has 5 heteroatoms. The molecule has 0 unspecified atom stereocenters. The standard InChI is InChI=1S/C46H28N4S/c1-3-14-29(15-4-1)37-27-38(33-21-13-25-44-45(33)34-20-9-12-24-43(34)51-44)48-46(47-37)50-40-23-11-8-19-32(40)36-26-35-31-18-7-10-22-39(31)49(41(35)28-42(36)50)30-16-5-2-6-17-30/h1-28H. The van der Waals surface area contributed by atoms with Gasteiger partial charge in [-0.3, -0.25) is 4.57 Å². The summed E-state index contributed by atoms with van der Waals surface area (Å²) in [7, 11) is 0. The summed E-state index contributed by atoms with van der Waals surface area (Å²) in [5.41, 5.74) is 9.55. The van der Waals surface area contributed by atoms with Gasteiger partial charge in [0.15, 0.2) is 0 Å². The average Bonchev–Trinajstić information content (AvgIpc) is 3.85. The minimum Gasteiger partial charge on any atom is -0.309 e. The molecule has 51 heavy (non-hydrogen) atoms. The smallest absolute Gasteiger partial charge is 0.235 e. The van der Waals surface area contributed by atoms with E-state index in [0.717, 1.165) is 44.8 Å². The number of fused-ring (bicyclic) bond motifs is 9. The fourth-order valence-electron chi connectivity index (χ4n) is 7.92. The van der Waals surface area contributed by atoms with Crippen LogP contribution in [0.15, 0.2) is 170 Å². The first-order valence-electron chi connectivity index (χ1n) is 17.2. The highest BCUT2D eigenvalue weighted by Crippen LogP contribution is 2.42. The van der Waals surface area contributed by atoms with Gasteiger partial charge in [-0.15, -0.1) is 11.3 Å². The second-order valence-electron chi connectivity index (χ2n) is 13.0. The summed E-state index contributed by atoms with van der Waals surface area (Å²) in [6, 6.07) is 60.5. The molecule has 4 aromatic heterocycles. The van der Waals surface area contributed by atoms with Crippen LogP contribution in [0.5, 0.6) is 0 Å². The average molecular weight is 669 g/mol. The van der Waals surface area contributed by atoms with E-state index in [4.69, 9.17) is 9.97 Å². The van der Waals surface area contributed by atoms with Gasteiger partial charge in [0, 0.05) is 58.5 Å². The molecule has 0 aliphatic carbocycles. The Bertz CT molecular complexity index is 3130. The number of thiophene rings is 1. The lowest BCUT2D eigenvalue weighted by molar-refractivity contribution is 0.996. The van der Waals surface area contributed by atoms with Crippen molar-refractivity contribution < 1.29 is 0 Å². The van der Waals surface area contributed by atoms with Gasteiger partial charge in [0.25, 0.3) is 0 Å². The van der Waals surface area contributed by atoms with Crippen LogP contribution in [0, 0.1) is 0 Å².